The van der Waals surface area contributed by atoms with Gasteiger partial charge in [-0.1, -0.05) is 13.8 Å². The molecule has 3 nitrogen and oxygen atoms in total. The fraction of sp³-hybridized carbons (Fsp3) is 0.500. The van der Waals surface area contributed by atoms with Gasteiger partial charge >= 0.3 is 0 Å². The molecule has 1 aromatic rings. The minimum atomic E-state index is -0.225. The van der Waals surface area contributed by atoms with E-state index in [4.69, 9.17) is 11.6 Å². The average Bonchev–Trinajstić information content (AvgIpc) is 2.42. The smallest absolute Gasteiger partial charge is 0.227 e. The van der Waals surface area contributed by atoms with Gasteiger partial charge in [-0.05, 0) is 36.1 Å². The first-order chi connectivity index (χ1) is 9.44. The summed E-state index contributed by atoms with van der Waals surface area (Å²) in [5.74, 6) is 0.150. The molecule has 1 aromatic carbocycles. The van der Waals surface area contributed by atoms with Crippen molar-refractivity contribution in [1.82, 2.24) is 0 Å². The van der Waals surface area contributed by atoms with E-state index >= 15 is 0 Å². The molecule has 106 valence electrons. The second-order valence-electron chi connectivity index (χ2n) is 6.30. The molecule has 0 aliphatic carbocycles. The number of alkyl halides is 1. The minimum Gasteiger partial charge on any atom is -0.312 e. The number of anilines is 1. The molecular weight excluding hydrogens is 274 g/mol. The average molecular weight is 292 g/mol. The predicted molar refractivity (Wildman–Crippen MR) is 79.8 cm³/mol. The third kappa shape index (κ3) is 1.96. The van der Waals surface area contributed by atoms with E-state index in [1.54, 1.807) is 0 Å². The Morgan fingerprint density at radius 1 is 1.40 bits per heavy atom. The molecule has 2 heterocycles. The van der Waals surface area contributed by atoms with E-state index in [0.29, 0.717) is 12.0 Å². The lowest BCUT2D eigenvalue weighted by molar-refractivity contribution is -0.120. The molecule has 2 aliphatic heterocycles. The van der Waals surface area contributed by atoms with Crippen LogP contribution in [0.25, 0.3) is 0 Å². The highest BCUT2D eigenvalue weighted by atomic mass is 35.5. The van der Waals surface area contributed by atoms with Crippen LogP contribution < -0.4 is 4.90 Å². The van der Waals surface area contributed by atoms with Gasteiger partial charge in [-0.25, -0.2) is 0 Å². The summed E-state index contributed by atoms with van der Waals surface area (Å²) >= 11 is 5.69. The van der Waals surface area contributed by atoms with Crippen molar-refractivity contribution in [3.8, 4) is 0 Å². The van der Waals surface area contributed by atoms with Crippen LogP contribution in [0.15, 0.2) is 12.1 Å². The van der Waals surface area contributed by atoms with Gasteiger partial charge in [0.15, 0.2) is 5.78 Å². The van der Waals surface area contributed by atoms with Gasteiger partial charge in [0, 0.05) is 23.9 Å². The van der Waals surface area contributed by atoms with Crippen LogP contribution in [0, 0.1) is 0 Å². The maximum atomic E-state index is 12.3. The number of carbonyl (C=O) groups is 2. The van der Waals surface area contributed by atoms with Crippen molar-refractivity contribution in [2.75, 3.05) is 17.3 Å². The van der Waals surface area contributed by atoms with Gasteiger partial charge in [0.1, 0.15) is 0 Å². The number of aryl methyl sites for hydroxylation is 1. The van der Waals surface area contributed by atoms with Gasteiger partial charge in [0.25, 0.3) is 0 Å². The topological polar surface area (TPSA) is 37.4 Å². The number of amides is 1. The molecule has 0 N–H and O–H groups in total. The number of nitrogens with zero attached hydrogens (tertiary/aromatic N) is 1. The van der Waals surface area contributed by atoms with Crippen molar-refractivity contribution in [2.24, 2.45) is 0 Å². The van der Waals surface area contributed by atoms with E-state index in [1.807, 2.05) is 17.0 Å². The summed E-state index contributed by atoms with van der Waals surface area (Å²) in [7, 11) is 0. The number of halogens is 1. The molecule has 20 heavy (non-hydrogen) atoms. The first-order valence-electron chi connectivity index (χ1n) is 7.01. The summed E-state index contributed by atoms with van der Waals surface area (Å²) in [4.78, 5) is 26.1. The fourth-order valence-electron chi connectivity index (χ4n) is 3.32. The molecule has 0 aromatic heterocycles. The molecule has 0 spiro atoms. The highest BCUT2D eigenvalue weighted by Gasteiger charge is 2.39. The number of ketones is 1. The Morgan fingerprint density at radius 3 is 2.85 bits per heavy atom. The summed E-state index contributed by atoms with van der Waals surface area (Å²) in [6.45, 7) is 4.93. The highest BCUT2D eigenvalue weighted by molar-refractivity contribution is 6.30. The minimum absolute atomic E-state index is 0.00129. The Hall–Kier alpha value is -1.35. The largest absolute Gasteiger partial charge is 0.312 e. The van der Waals surface area contributed by atoms with Crippen molar-refractivity contribution in [1.29, 1.82) is 0 Å². The molecule has 0 saturated carbocycles. The molecule has 4 heteroatoms. The number of carbonyl (C=O) groups excluding carboxylic acids is 2. The van der Waals surface area contributed by atoms with Crippen LogP contribution in [0.5, 0.6) is 0 Å². The normalized spacial score (nSPS) is 19.8. The van der Waals surface area contributed by atoms with E-state index in [-0.39, 0.29) is 23.0 Å². The number of Topliss-reactive ketones (excluding diaryl/α,β-unsaturated/α-hetero) is 1. The molecule has 2 aliphatic rings. The van der Waals surface area contributed by atoms with Crippen LogP contribution in [0.3, 0.4) is 0 Å². The van der Waals surface area contributed by atoms with Crippen LogP contribution in [0.4, 0.5) is 5.69 Å². The first kappa shape index (κ1) is 13.6. The van der Waals surface area contributed by atoms with Crippen LogP contribution in [0.1, 0.15) is 48.2 Å². The van der Waals surface area contributed by atoms with Crippen LogP contribution >= 0.6 is 11.6 Å². The van der Waals surface area contributed by atoms with Crippen molar-refractivity contribution in [3.05, 3.63) is 28.8 Å². The number of hydrogen-bond acceptors (Lipinski definition) is 2. The van der Waals surface area contributed by atoms with Crippen molar-refractivity contribution >= 4 is 29.0 Å². The van der Waals surface area contributed by atoms with Gasteiger partial charge < -0.3 is 4.90 Å². The molecule has 0 saturated heterocycles. The zero-order valence-corrected chi connectivity index (χ0v) is 12.6. The number of benzene rings is 1. The van der Waals surface area contributed by atoms with E-state index in [2.05, 4.69) is 13.8 Å². The van der Waals surface area contributed by atoms with E-state index in [0.717, 1.165) is 36.2 Å². The lowest BCUT2D eigenvalue weighted by Crippen LogP contribution is -2.45. The number of hydrogen-bond donors (Lipinski definition) is 0. The molecule has 1 amide bonds. The Balaban J connectivity index is 2.24. The molecule has 0 unspecified atom stereocenters. The maximum Gasteiger partial charge on any atom is 0.227 e. The summed E-state index contributed by atoms with van der Waals surface area (Å²) in [5, 5.41) is 0. The molecular formula is C16H18ClNO2. The van der Waals surface area contributed by atoms with Gasteiger partial charge in [-0.3, -0.25) is 9.59 Å². The first-order valence-corrected chi connectivity index (χ1v) is 7.54. The number of rotatable bonds is 2. The van der Waals surface area contributed by atoms with Crippen LogP contribution in [-0.2, 0) is 16.6 Å². The monoisotopic (exact) mass is 291 g/mol. The zero-order valence-electron chi connectivity index (χ0n) is 11.8. The van der Waals surface area contributed by atoms with Gasteiger partial charge in [0.05, 0.1) is 11.6 Å². The summed E-state index contributed by atoms with van der Waals surface area (Å²) in [6, 6.07) is 3.86. The highest BCUT2D eigenvalue weighted by Crippen LogP contribution is 2.44. The van der Waals surface area contributed by atoms with Crippen molar-refractivity contribution in [3.63, 3.8) is 0 Å². The maximum absolute atomic E-state index is 12.3. The Bertz CT molecular complexity index is 607. The van der Waals surface area contributed by atoms with Crippen LogP contribution in [-0.4, -0.2) is 24.1 Å². The summed E-state index contributed by atoms with van der Waals surface area (Å²) in [5.41, 5.74) is 3.73. The van der Waals surface area contributed by atoms with Gasteiger partial charge in [0.2, 0.25) is 5.91 Å². The summed E-state index contributed by atoms with van der Waals surface area (Å²) in [6.07, 6.45) is 2.38. The van der Waals surface area contributed by atoms with E-state index < -0.39 is 0 Å². The molecule has 0 atom stereocenters. The molecule has 0 radical (unpaired) electrons. The third-order valence-corrected chi connectivity index (χ3v) is 4.60. The lowest BCUT2D eigenvalue weighted by atomic mass is 9.74. The SMILES string of the molecule is CC1(C)CC(=O)N2CCCc3cc(C(=O)CCl)cc1c32. The van der Waals surface area contributed by atoms with Crippen molar-refractivity contribution < 1.29 is 9.59 Å². The van der Waals surface area contributed by atoms with Crippen molar-refractivity contribution in [2.45, 2.75) is 38.5 Å². The zero-order chi connectivity index (χ0) is 14.5. The standard InChI is InChI=1S/C16H18ClNO2/c1-16(2)8-14(20)18-5-3-4-10-6-11(13(19)9-17)7-12(16)15(10)18/h6-7H,3-5,8-9H2,1-2H3. The molecule has 0 fully saturated rings. The predicted octanol–water partition coefficient (Wildman–Crippen LogP) is 3.07. The Morgan fingerprint density at radius 2 is 2.15 bits per heavy atom. The van der Waals surface area contributed by atoms with E-state index in [1.165, 1.54) is 0 Å². The third-order valence-electron chi connectivity index (χ3n) is 4.35. The Labute approximate surface area is 123 Å². The van der Waals surface area contributed by atoms with E-state index in [9.17, 15) is 9.59 Å². The van der Waals surface area contributed by atoms with Gasteiger partial charge in [-0.15, -0.1) is 11.6 Å². The molecule has 0 bridgehead atoms. The Kier molecular flexibility index (Phi) is 3.13. The lowest BCUT2D eigenvalue weighted by Gasteiger charge is -2.42. The molecule has 3 rings (SSSR count). The summed E-state index contributed by atoms with van der Waals surface area (Å²) < 4.78 is 0. The van der Waals surface area contributed by atoms with Crippen LogP contribution in [0.2, 0.25) is 0 Å². The quantitative estimate of drug-likeness (QED) is 0.620. The fourth-order valence-corrected chi connectivity index (χ4v) is 3.47. The van der Waals surface area contributed by atoms with Gasteiger partial charge in [-0.2, -0.15) is 0 Å². The second-order valence-corrected chi connectivity index (χ2v) is 6.57. The second kappa shape index (κ2) is 4.59.